The summed E-state index contributed by atoms with van der Waals surface area (Å²) in [6.45, 7) is 4.15. The first-order chi connectivity index (χ1) is 7.69. The van der Waals surface area contributed by atoms with E-state index in [2.05, 4.69) is 28.9 Å². The van der Waals surface area contributed by atoms with Gasteiger partial charge < -0.3 is 5.32 Å². The Morgan fingerprint density at radius 3 is 3.06 bits per heavy atom. The Bertz CT molecular complexity index is 420. The van der Waals surface area contributed by atoms with E-state index in [0.29, 0.717) is 0 Å². The van der Waals surface area contributed by atoms with Crippen molar-refractivity contribution in [1.29, 1.82) is 0 Å². The van der Waals surface area contributed by atoms with Crippen LogP contribution in [0.1, 0.15) is 20.3 Å². The van der Waals surface area contributed by atoms with E-state index in [9.17, 15) is 4.39 Å². The van der Waals surface area contributed by atoms with E-state index in [-0.39, 0.29) is 11.9 Å². The Hall–Kier alpha value is -1.23. The van der Waals surface area contributed by atoms with E-state index in [1.807, 2.05) is 0 Å². The van der Waals surface area contributed by atoms with Crippen molar-refractivity contribution < 1.29 is 4.39 Å². The molecule has 86 valence electrons. The van der Waals surface area contributed by atoms with Crippen LogP contribution in [-0.4, -0.2) is 12.0 Å². The minimum atomic E-state index is -0.225. The normalized spacial score (nSPS) is 18.6. The van der Waals surface area contributed by atoms with Crippen LogP contribution in [0.2, 0.25) is 0 Å². The first-order valence-electron chi connectivity index (χ1n) is 5.26. The summed E-state index contributed by atoms with van der Waals surface area (Å²) in [5.41, 5.74) is 0.896. The fraction of sp³-hybridized carbons (Fsp3) is 0.364. The van der Waals surface area contributed by atoms with Crippen LogP contribution < -0.4 is 10.0 Å². The third-order valence-electron chi connectivity index (χ3n) is 2.39. The molecule has 1 aliphatic rings. The number of hydrogen-bond acceptors (Lipinski definition) is 2. The fourth-order valence-corrected chi connectivity index (χ4v) is 2.02. The number of aliphatic imine (C=N–C) groups is 1. The number of fused-ring (bicyclic) bond motifs is 1. The molecule has 0 saturated heterocycles. The topological polar surface area (TPSA) is 36.4 Å². The molecule has 1 aromatic carbocycles. The Labute approximate surface area is 98.7 Å². The molecule has 0 aromatic heterocycles. The fourth-order valence-electron chi connectivity index (χ4n) is 1.31. The molecule has 0 aliphatic carbocycles. The number of nitrogens with zero attached hydrogens (tertiary/aromatic N) is 1. The maximum Gasteiger partial charge on any atom is 0.206 e. The SMILES string of the molecule is CCC(C)N=C1NSc2cc(F)ccc2N1. The number of benzene rings is 1. The van der Waals surface area contributed by atoms with Crippen molar-refractivity contribution in [3.63, 3.8) is 0 Å². The second-order valence-electron chi connectivity index (χ2n) is 3.70. The highest BCUT2D eigenvalue weighted by Gasteiger charge is 2.14. The number of anilines is 1. The number of nitrogens with one attached hydrogen (secondary N) is 2. The highest BCUT2D eigenvalue weighted by molar-refractivity contribution is 7.98. The number of guanidine groups is 1. The molecule has 0 spiro atoms. The highest BCUT2D eigenvalue weighted by Crippen LogP contribution is 2.29. The highest BCUT2D eigenvalue weighted by atomic mass is 32.2. The summed E-state index contributed by atoms with van der Waals surface area (Å²) in [6, 6.07) is 4.95. The average Bonchev–Trinajstić information content (AvgIpc) is 2.29. The molecule has 0 saturated carbocycles. The van der Waals surface area contributed by atoms with Crippen molar-refractivity contribution in [2.45, 2.75) is 31.2 Å². The van der Waals surface area contributed by atoms with Gasteiger partial charge in [0.1, 0.15) is 5.82 Å². The first-order valence-corrected chi connectivity index (χ1v) is 6.08. The van der Waals surface area contributed by atoms with E-state index in [1.165, 1.54) is 24.1 Å². The lowest BCUT2D eigenvalue weighted by Crippen LogP contribution is -2.30. The molecule has 0 amide bonds. The third kappa shape index (κ3) is 2.47. The number of rotatable bonds is 2. The molecule has 1 atom stereocenters. The summed E-state index contributed by atoms with van der Waals surface area (Å²) >= 11 is 1.38. The molecule has 0 fully saturated rings. The minimum absolute atomic E-state index is 0.225. The maximum atomic E-state index is 13.0. The van der Waals surface area contributed by atoms with Gasteiger partial charge in [-0.1, -0.05) is 6.92 Å². The van der Waals surface area contributed by atoms with Crippen LogP contribution in [0.5, 0.6) is 0 Å². The standard InChI is InChI=1S/C11H14FN3S/c1-3-7(2)13-11-14-9-5-4-8(12)6-10(9)16-15-11/h4-7H,3H2,1-2H3,(H2,13,14,15). The van der Waals surface area contributed by atoms with Gasteiger partial charge in [-0.2, -0.15) is 0 Å². The lowest BCUT2D eigenvalue weighted by Gasteiger charge is -2.21. The second kappa shape index (κ2) is 4.74. The summed E-state index contributed by atoms with van der Waals surface area (Å²) in [5, 5.41) is 3.14. The lowest BCUT2D eigenvalue weighted by atomic mass is 10.3. The summed E-state index contributed by atoms with van der Waals surface area (Å²) in [6.07, 6.45) is 0.994. The molecular formula is C11H14FN3S. The molecule has 0 bridgehead atoms. The van der Waals surface area contributed by atoms with Gasteiger partial charge in [-0.05, 0) is 43.5 Å². The molecule has 3 nitrogen and oxygen atoms in total. The summed E-state index contributed by atoms with van der Waals surface area (Å²) in [5.74, 6) is 0.510. The summed E-state index contributed by atoms with van der Waals surface area (Å²) < 4.78 is 16.0. The summed E-state index contributed by atoms with van der Waals surface area (Å²) in [7, 11) is 0. The van der Waals surface area contributed by atoms with Gasteiger partial charge in [0.15, 0.2) is 0 Å². The van der Waals surface area contributed by atoms with E-state index in [4.69, 9.17) is 0 Å². The average molecular weight is 239 g/mol. The van der Waals surface area contributed by atoms with Crippen molar-refractivity contribution in [3.8, 4) is 0 Å². The maximum absolute atomic E-state index is 13.0. The van der Waals surface area contributed by atoms with Crippen molar-refractivity contribution in [2.24, 2.45) is 4.99 Å². The zero-order chi connectivity index (χ0) is 11.5. The number of halogens is 1. The molecule has 16 heavy (non-hydrogen) atoms. The zero-order valence-corrected chi connectivity index (χ0v) is 10.1. The summed E-state index contributed by atoms with van der Waals surface area (Å²) in [4.78, 5) is 5.31. The van der Waals surface area contributed by atoms with E-state index < -0.39 is 0 Å². The third-order valence-corrected chi connectivity index (χ3v) is 3.25. The molecule has 1 aromatic rings. The van der Waals surface area contributed by atoms with Gasteiger partial charge in [0, 0.05) is 0 Å². The lowest BCUT2D eigenvalue weighted by molar-refractivity contribution is 0.624. The monoisotopic (exact) mass is 239 g/mol. The van der Waals surface area contributed by atoms with Crippen molar-refractivity contribution in [1.82, 2.24) is 4.72 Å². The molecule has 2 N–H and O–H groups in total. The molecule has 1 unspecified atom stereocenters. The molecule has 5 heteroatoms. The second-order valence-corrected chi connectivity index (χ2v) is 4.55. The van der Waals surface area contributed by atoms with Crippen LogP contribution in [0.15, 0.2) is 28.1 Å². The molecule has 0 radical (unpaired) electrons. The van der Waals surface area contributed by atoms with Gasteiger partial charge in [-0.3, -0.25) is 4.72 Å². The Morgan fingerprint density at radius 2 is 2.31 bits per heavy atom. The Kier molecular flexibility index (Phi) is 3.33. The van der Waals surface area contributed by atoms with Gasteiger partial charge in [0.25, 0.3) is 0 Å². The molecule has 2 rings (SSSR count). The zero-order valence-electron chi connectivity index (χ0n) is 9.25. The predicted molar refractivity (Wildman–Crippen MR) is 66.2 cm³/mol. The minimum Gasteiger partial charge on any atom is -0.325 e. The first kappa shape index (κ1) is 11.3. The van der Waals surface area contributed by atoms with Crippen LogP contribution in [0.25, 0.3) is 0 Å². The predicted octanol–water partition coefficient (Wildman–Crippen LogP) is 3.00. The van der Waals surface area contributed by atoms with Crippen molar-refractivity contribution in [3.05, 3.63) is 24.0 Å². The smallest absolute Gasteiger partial charge is 0.206 e. The van der Waals surface area contributed by atoms with Crippen LogP contribution in [0, 0.1) is 5.82 Å². The van der Waals surface area contributed by atoms with E-state index in [1.54, 1.807) is 6.07 Å². The molecule has 1 heterocycles. The largest absolute Gasteiger partial charge is 0.325 e. The van der Waals surface area contributed by atoms with Crippen LogP contribution in [0.4, 0.5) is 10.1 Å². The van der Waals surface area contributed by atoms with Gasteiger partial charge in [-0.15, -0.1) is 0 Å². The van der Waals surface area contributed by atoms with E-state index >= 15 is 0 Å². The quantitative estimate of drug-likeness (QED) is 0.779. The van der Waals surface area contributed by atoms with Crippen LogP contribution in [-0.2, 0) is 0 Å². The number of hydrogen-bond donors (Lipinski definition) is 2. The van der Waals surface area contributed by atoms with Gasteiger partial charge in [0.2, 0.25) is 5.96 Å². The van der Waals surface area contributed by atoms with Gasteiger partial charge in [0.05, 0.1) is 16.6 Å². The van der Waals surface area contributed by atoms with E-state index in [0.717, 1.165) is 23.0 Å². The Morgan fingerprint density at radius 1 is 1.50 bits per heavy atom. The molecule has 1 aliphatic heterocycles. The van der Waals surface area contributed by atoms with Crippen LogP contribution >= 0.6 is 11.9 Å². The van der Waals surface area contributed by atoms with Crippen molar-refractivity contribution >= 4 is 23.6 Å². The van der Waals surface area contributed by atoms with Gasteiger partial charge in [-0.25, -0.2) is 9.38 Å². The van der Waals surface area contributed by atoms with Crippen molar-refractivity contribution in [2.75, 3.05) is 5.32 Å². The van der Waals surface area contributed by atoms with Crippen LogP contribution in [0.3, 0.4) is 0 Å². The Balaban J connectivity index is 2.18. The van der Waals surface area contributed by atoms with Gasteiger partial charge >= 0.3 is 0 Å². The molecular weight excluding hydrogens is 225 g/mol.